The fraction of sp³-hybridized carbons (Fsp3) is 0.882. The molecule has 0 heterocycles. The van der Waals surface area contributed by atoms with Gasteiger partial charge in [-0.25, -0.2) is 0 Å². The summed E-state index contributed by atoms with van der Waals surface area (Å²) in [5.41, 5.74) is 1.53. The van der Waals surface area contributed by atoms with Crippen molar-refractivity contribution in [2.45, 2.75) is 85.0 Å². The van der Waals surface area contributed by atoms with Crippen molar-refractivity contribution in [3.05, 3.63) is 11.8 Å². The van der Waals surface area contributed by atoms with Gasteiger partial charge in [-0.1, -0.05) is 65.2 Å². The SMILES string of the molecule is CCCCN(CCCC)/C(C)=C\C[Si](C)(C)CCC. The average molecular weight is 284 g/mol. The van der Waals surface area contributed by atoms with Gasteiger partial charge in [0.1, 0.15) is 0 Å². The van der Waals surface area contributed by atoms with Crippen LogP contribution in [0.1, 0.15) is 59.8 Å². The molecule has 0 unspecified atom stereocenters. The molecule has 0 spiro atoms. The Bertz CT molecular complexity index is 238. The second kappa shape index (κ2) is 10.5. The van der Waals surface area contributed by atoms with Gasteiger partial charge in [0.2, 0.25) is 0 Å². The Kier molecular flexibility index (Phi) is 10.4. The Morgan fingerprint density at radius 1 is 0.947 bits per heavy atom. The molecule has 0 aliphatic heterocycles. The number of hydrogen-bond acceptors (Lipinski definition) is 1. The predicted octanol–water partition coefficient (Wildman–Crippen LogP) is 5.91. The molecule has 19 heavy (non-hydrogen) atoms. The van der Waals surface area contributed by atoms with E-state index in [0.717, 1.165) is 0 Å². The van der Waals surface area contributed by atoms with E-state index in [4.69, 9.17) is 0 Å². The lowest BCUT2D eigenvalue weighted by molar-refractivity contribution is 0.331. The molecular weight excluding hydrogens is 246 g/mol. The molecule has 0 amide bonds. The van der Waals surface area contributed by atoms with Crippen LogP contribution in [-0.4, -0.2) is 26.1 Å². The van der Waals surface area contributed by atoms with Crippen LogP contribution in [0.3, 0.4) is 0 Å². The minimum Gasteiger partial charge on any atom is -0.375 e. The van der Waals surface area contributed by atoms with Crippen LogP contribution < -0.4 is 0 Å². The van der Waals surface area contributed by atoms with Crippen LogP contribution >= 0.6 is 0 Å². The van der Waals surface area contributed by atoms with E-state index in [-0.39, 0.29) is 0 Å². The maximum atomic E-state index is 2.61. The molecule has 0 bridgehead atoms. The van der Waals surface area contributed by atoms with Gasteiger partial charge in [0.15, 0.2) is 0 Å². The highest BCUT2D eigenvalue weighted by atomic mass is 28.3. The Labute approximate surface area is 123 Å². The molecule has 0 N–H and O–H groups in total. The van der Waals surface area contributed by atoms with Gasteiger partial charge in [0.05, 0.1) is 8.07 Å². The summed E-state index contributed by atoms with van der Waals surface area (Å²) in [4.78, 5) is 2.61. The Hall–Kier alpha value is -0.243. The van der Waals surface area contributed by atoms with E-state index >= 15 is 0 Å². The summed E-state index contributed by atoms with van der Waals surface area (Å²) in [6, 6.07) is 2.81. The largest absolute Gasteiger partial charge is 0.375 e. The third kappa shape index (κ3) is 9.31. The van der Waals surface area contributed by atoms with Gasteiger partial charge in [-0.3, -0.25) is 0 Å². The quantitative estimate of drug-likeness (QED) is 0.426. The maximum absolute atomic E-state index is 2.61. The van der Waals surface area contributed by atoms with E-state index in [2.05, 4.69) is 51.8 Å². The van der Waals surface area contributed by atoms with Crippen LogP contribution in [0.15, 0.2) is 11.8 Å². The summed E-state index contributed by atoms with van der Waals surface area (Å²) in [6.45, 7) is 16.8. The summed E-state index contributed by atoms with van der Waals surface area (Å²) in [7, 11) is -0.978. The highest BCUT2D eigenvalue weighted by Gasteiger charge is 2.18. The normalized spacial score (nSPS) is 12.8. The number of unbranched alkanes of at least 4 members (excludes halogenated alkanes) is 2. The first-order chi connectivity index (χ1) is 8.96. The van der Waals surface area contributed by atoms with E-state index in [9.17, 15) is 0 Å². The van der Waals surface area contributed by atoms with Crippen LogP contribution in [0, 0.1) is 0 Å². The van der Waals surface area contributed by atoms with Crippen LogP contribution in [0.2, 0.25) is 25.2 Å². The van der Waals surface area contributed by atoms with Crippen molar-refractivity contribution < 1.29 is 0 Å². The maximum Gasteiger partial charge on any atom is 0.0511 e. The van der Waals surface area contributed by atoms with E-state index < -0.39 is 8.07 Å². The Morgan fingerprint density at radius 3 is 1.89 bits per heavy atom. The standard InChI is InChI=1S/C17H37NSi/c1-7-10-13-18(14-11-8-2)17(4)12-16-19(5,6)15-9-3/h12H,7-11,13-16H2,1-6H3/b17-12-. The van der Waals surface area contributed by atoms with E-state index in [1.807, 2.05) is 0 Å². The second-order valence-corrected chi connectivity index (χ2v) is 11.9. The summed E-state index contributed by atoms with van der Waals surface area (Å²) >= 11 is 0. The molecule has 0 aliphatic rings. The van der Waals surface area contributed by atoms with Gasteiger partial charge in [-0.15, -0.1) is 0 Å². The third-order valence-corrected chi connectivity index (χ3v) is 7.10. The van der Waals surface area contributed by atoms with E-state index in [1.165, 1.54) is 63.0 Å². The fourth-order valence-electron chi connectivity index (χ4n) is 2.49. The van der Waals surface area contributed by atoms with Crippen molar-refractivity contribution in [2.75, 3.05) is 13.1 Å². The molecule has 0 saturated carbocycles. The van der Waals surface area contributed by atoms with Crippen molar-refractivity contribution in [3.63, 3.8) is 0 Å². The molecule has 1 nitrogen and oxygen atoms in total. The molecule has 0 aromatic heterocycles. The number of hydrogen-bond donors (Lipinski definition) is 0. The van der Waals surface area contributed by atoms with Crippen LogP contribution in [0.5, 0.6) is 0 Å². The lowest BCUT2D eigenvalue weighted by Crippen LogP contribution is -2.27. The first kappa shape index (κ1) is 18.8. The van der Waals surface area contributed by atoms with Gasteiger partial charge in [0.25, 0.3) is 0 Å². The predicted molar refractivity (Wildman–Crippen MR) is 92.5 cm³/mol. The van der Waals surface area contributed by atoms with Crippen molar-refractivity contribution in [1.82, 2.24) is 4.90 Å². The Morgan fingerprint density at radius 2 is 1.47 bits per heavy atom. The summed E-state index contributed by atoms with van der Waals surface area (Å²) in [6.07, 6.45) is 9.13. The molecule has 0 atom stereocenters. The zero-order chi connectivity index (χ0) is 14.7. The fourth-order valence-corrected chi connectivity index (χ4v) is 4.90. The molecule has 2 heteroatoms. The molecule has 0 aromatic carbocycles. The molecule has 0 aliphatic carbocycles. The smallest absolute Gasteiger partial charge is 0.0511 e. The van der Waals surface area contributed by atoms with Gasteiger partial charge in [-0.2, -0.15) is 0 Å². The van der Waals surface area contributed by atoms with Crippen LogP contribution in [0.25, 0.3) is 0 Å². The van der Waals surface area contributed by atoms with Crippen LogP contribution in [0.4, 0.5) is 0 Å². The minimum absolute atomic E-state index is 0.978. The zero-order valence-corrected chi connectivity index (χ0v) is 15.4. The molecular formula is C17H37NSi. The van der Waals surface area contributed by atoms with Crippen molar-refractivity contribution in [3.8, 4) is 0 Å². The monoisotopic (exact) mass is 283 g/mol. The zero-order valence-electron chi connectivity index (χ0n) is 14.4. The molecule has 114 valence electrons. The third-order valence-electron chi connectivity index (χ3n) is 3.94. The number of rotatable bonds is 11. The van der Waals surface area contributed by atoms with Crippen molar-refractivity contribution >= 4 is 8.07 Å². The van der Waals surface area contributed by atoms with Gasteiger partial charge < -0.3 is 4.90 Å². The van der Waals surface area contributed by atoms with Crippen molar-refractivity contribution in [2.24, 2.45) is 0 Å². The van der Waals surface area contributed by atoms with Gasteiger partial charge >= 0.3 is 0 Å². The molecule has 0 fully saturated rings. The molecule has 0 rings (SSSR count). The lowest BCUT2D eigenvalue weighted by Gasteiger charge is -2.27. The highest BCUT2D eigenvalue weighted by molar-refractivity contribution is 6.77. The van der Waals surface area contributed by atoms with E-state index in [1.54, 1.807) is 0 Å². The first-order valence-electron chi connectivity index (χ1n) is 8.38. The number of allylic oxidation sites excluding steroid dienone is 2. The summed E-state index contributed by atoms with van der Waals surface area (Å²) < 4.78 is 0. The first-order valence-corrected chi connectivity index (χ1v) is 11.8. The Balaban J connectivity index is 4.44. The van der Waals surface area contributed by atoms with Crippen LogP contribution in [-0.2, 0) is 0 Å². The van der Waals surface area contributed by atoms with Gasteiger partial charge in [-0.05, 0) is 25.8 Å². The topological polar surface area (TPSA) is 3.24 Å². The lowest BCUT2D eigenvalue weighted by atomic mass is 10.2. The van der Waals surface area contributed by atoms with Gasteiger partial charge in [0, 0.05) is 18.8 Å². The minimum atomic E-state index is -0.978. The second-order valence-electron chi connectivity index (χ2n) is 6.66. The highest BCUT2D eigenvalue weighted by Crippen LogP contribution is 2.20. The van der Waals surface area contributed by atoms with E-state index in [0.29, 0.717) is 0 Å². The number of nitrogens with zero attached hydrogens (tertiary/aromatic N) is 1. The molecule has 0 aromatic rings. The van der Waals surface area contributed by atoms with Crippen molar-refractivity contribution in [1.29, 1.82) is 0 Å². The molecule has 0 saturated heterocycles. The summed E-state index contributed by atoms with van der Waals surface area (Å²) in [5.74, 6) is 0. The summed E-state index contributed by atoms with van der Waals surface area (Å²) in [5, 5.41) is 0. The average Bonchev–Trinajstić information content (AvgIpc) is 2.36. The molecule has 0 radical (unpaired) electrons.